The van der Waals surface area contributed by atoms with Crippen LogP contribution in [0.5, 0.6) is 0 Å². The maximum Gasteiger partial charge on any atom is 0.306 e. The van der Waals surface area contributed by atoms with E-state index in [1.54, 1.807) is 0 Å². The summed E-state index contributed by atoms with van der Waals surface area (Å²) < 4.78 is 53.8. The first-order valence-electron chi connectivity index (χ1n) is 21.1. The summed E-state index contributed by atoms with van der Waals surface area (Å²) in [6.07, 6.45) is 20.5. The summed E-state index contributed by atoms with van der Waals surface area (Å²) in [5.41, 5.74) is 0. The molecule has 12 nitrogen and oxygen atoms in total. The van der Waals surface area contributed by atoms with Crippen molar-refractivity contribution in [3.05, 3.63) is 0 Å². The summed E-state index contributed by atoms with van der Waals surface area (Å²) >= 11 is 0. The number of hydrogen-bond donors (Lipinski definition) is 4. The molecule has 0 saturated carbocycles. The highest BCUT2D eigenvalue weighted by atomic mass is 32.2. The van der Waals surface area contributed by atoms with E-state index >= 15 is 0 Å². The minimum absolute atomic E-state index is 0.168. The molecular formula is C40H76O12S. The van der Waals surface area contributed by atoms with Crippen LogP contribution in [0.3, 0.4) is 0 Å². The molecule has 0 amide bonds. The molecule has 1 aliphatic heterocycles. The zero-order valence-corrected chi connectivity index (χ0v) is 34.0. The molecule has 1 fully saturated rings. The molecule has 4 N–H and O–H groups in total. The van der Waals surface area contributed by atoms with Crippen molar-refractivity contribution in [1.82, 2.24) is 0 Å². The molecular weight excluding hydrogens is 704 g/mol. The minimum atomic E-state index is -4.59. The molecule has 0 aromatic carbocycles. The van der Waals surface area contributed by atoms with E-state index in [2.05, 4.69) is 13.8 Å². The second-order valence-corrected chi connectivity index (χ2v) is 16.5. The van der Waals surface area contributed by atoms with Gasteiger partial charge in [-0.15, -0.1) is 0 Å². The first-order chi connectivity index (χ1) is 25.5. The Balaban J connectivity index is 2.37. The second-order valence-electron chi connectivity index (χ2n) is 15.0. The van der Waals surface area contributed by atoms with Gasteiger partial charge in [-0.05, 0) is 12.8 Å². The number of carbonyl (C=O) groups excluding carboxylic acids is 2. The highest BCUT2D eigenvalue weighted by molar-refractivity contribution is 7.85. The number of carbonyl (C=O) groups is 2. The largest absolute Gasteiger partial charge is 0.462 e. The van der Waals surface area contributed by atoms with Gasteiger partial charge in [0.1, 0.15) is 36.8 Å². The van der Waals surface area contributed by atoms with Crippen molar-refractivity contribution in [2.24, 2.45) is 0 Å². The molecule has 0 bridgehead atoms. The molecule has 314 valence electrons. The highest BCUT2D eigenvalue weighted by Crippen LogP contribution is 2.24. The van der Waals surface area contributed by atoms with Crippen molar-refractivity contribution in [1.29, 1.82) is 0 Å². The van der Waals surface area contributed by atoms with Gasteiger partial charge in [-0.1, -0.05) is 162 Å². The molecule has 6 atom stereocenters. The van der Waals surface area contributed by atoms with E-state index in [1.165, 1.54) is 96.3 Å². The fraction of sp³-hybridized carbons (Fsp3) is 0.950. The third kappa shape index (κ3) is 27.0. The summed E-state index contributed by atoms with van der Waals surface area (Å²) in [5.74, 6) is -1.97. The molecule has 0 spiro atoms. The third-order valence-corrected chi connectivity index (χ3v) is 10.7. The lowest BCUT2D eigenvalue weighted by Crippen LogP contribution is -2.60. The number of esters is 2. The van der Waals surface area contributed by atoms with E-state index in [-0.39, 0.29) is 19.4 Å². The molecule has 2 unspecified atom stereocenters. The number of ether oxygens (including phenoxy) is 4. The Morgan fingerprint density at radius 3 is 1.38 bits per heavy atom. The van der Waals surface area contributed by atoms with E-state index in [1.807, 2.05) is 0 Å². The topological polar surface area (TPSA) is 186 Å². The lowest BCUT2D eigenvalue weighted by atomic mass is 10.00. The monoisotopic (exact) mass is 781 g/mol. The fourth-order valence-corrected chi connectivity index (χ4v) is 7.31. The smallest absolute Gasteiger partial charge is 0.306 e. The Hall–Kier alpha value is -1.35. The highest BCUT2D eigenvalue weighted by Gasteiger charge is 2.46. The van der Waals surface area contributed by atoms with Crippen molar-refractivity contribution in [2.75, 3.05) is 19.0 Å². The average molecular weight is 781 g/mol. The number of unbranched alkanes of at least 4 members (excludes halogenated alkanes) is 23. The first kappa shape index (κ1) is 49.7. The lowest BCUT2D eigenvalue weighted by Gasteiger charge is -2.40. The average Bonchev–Trinajstić information content (AvgIpc) is 3.12. The zero-order valence-electron chi connectivity index (χ0n) is 33.1. The molecule has 0 aromatic rings. The van der Waals surface area contributed by atoms with Crippen LogP contribution in [0.25, 0.3) is 0 Å². The Bertz CT molecular complexity index is 1010. The number of aliphatic hydroxyl groups is 3. The van der Waals surface area contributed by atoms with E-state index in [4.69, 9.17) is 18.9 Å². The predicted molar refractivity (Wildman–Crippen MR) is 206 cm³/mol. The Morgan fingerprint density at radius 1 is 0.566 bits per heavy atom. The molecule has 0 radical (unpaired) electrons. The Morgan fingerprint density at radius 2 is 0.962 bits per heavy atom. The van der Waals surface area contributed by atoms with Crippen LogP contribution in [-0.2, 0) is 38.7 Å². The summed E-state index contributed by atoms with van der Waals surface area (Å²) in [4.78, 5) is 25.2. The van der Waals surface area contributed by atoms with Crippen molar-refractivity contribution in [3.63, 3.8) is 0 Å². The molecule has 1 rings (SSSR count). The molecule has 53 heavy (non-hydrogen) atoms. The molecule has 1 aliphatic rings. The van der Waals surface area contributed by atoms with Crippen molar-refractivity contribution in [2.45, 2.75) is 224 Å². The van der Waals surface area contributed by atoms with Gasteiger partial charge < -0.3 is 34.3 Å². The van der Waals surface area contributed by atoms with Crippen molar-refractivity contribution < 1.29 is 56.8 Å². The number of rotatable bonds is 35. The molecule has 1 saturated heterocycles. The third-order valence-electron chi connectivity index (χ3n) is 9.94. The van der Waals surface area contributed by atoms with Crippen molar-refractivity contribution >= 4 is 22.1 Å². The molecule has 1 heterocycles. The van der Waals surface area contributed by atoms with Gasteiger partial charge in [0.05, 0.1) is 6.61 Å². The lowest BCUT2D eigenvalue weighted by molar-refractivity contribution is -0.297. The van der Waals surface area contributed by atoms with Crippen molar-refractivity contribution in [3.8, 4) is 0 Å². The van der Waals surface area contributed by atoms with Gasteiger partial charge in [0.25, 0.3) is 10.1 Å². The summed E-state index contributed by atoms with van der Waals surface area (Å²) in [5, 5.41) is 30.7. The molecule has 0 aliphatic carbocycles. The first-order valence-corrected chi connectivity index (χ1v) is 22.7. The van der Waals surface area contributed by atoms with Crippen LogP contribution in [0.1, 0.15) is 187 Å². The zero-order chi connectivity index (χ0) is 39.2. The predicted octanol–water partition coefficient (Wildman–Crippen LogP) is 7.73. The van der Waals surface area contributed by atoms with Crippen LogP contribution in [0, 0.1) is 0 Å². The normalized spacial score (nSPS) is 21.1. The quantitative estimate of drug-likeness (QED) is 0.0279. The van der Waals surface area contributed by atoms with Gasteiger partial charge in [0.15, 0.2) is 12.4 Å². The number of hydrogen-bond acceptors (Lipinski definition) is 11. The minimum Gasteiger partial charge on any atom is -0.462 e. The van der Waals surface area contributed by atoms with E-state index in [0.29, 0.717) is 12.8 Å². The fourth-order valence-electron chi connectivity index (χ4n) is 6.62. The van der Waals surface area contributed by atoms with Crippen LogP contribution in [0.15, 0.2) is 0 Å². The summed E-state index contributed by atoms with van der Waals surface area (Å²) in [7, 11) is -4.59. The SMILES string of the molecule is CCCCCCCCCCCCCCCCCCCCC(=O)OC[C@H](CO[C@@H]1O[C@@H](CS(=O)(=O)O)[C@H](O)C(O)C1O)OC(=O)CCCCCCCCC. The molecule has 13 heteroatoms. The van der Waals surface area contributed by atoms with Gasteiger partial charge in [-0.25, -0.2) is 0 Å². The van der Waals surface area contributed by atoms with Crippen LogP contribution in [-0.4, -0.2) is 96.0 Å². The summed E-state index contributed by atoms with van der Waals surface area (Å²) in [6, 6.07) is 0. The van der Waals surface area contributed by atoms with E-state index < -0.39 is 71.2 Å². The maximum atomic E-state index is 12.6. The standard InChI is InChI=1S/C40H76O12S/c1-3-5-7-9-11-12-13-14-15-16-17-18-19-20-21-23-24-26-28-35(41)49-30-33(51-36(42)29-27-25-22-10-8-6-4-2)31-50-40-39(45)38(44)37(43)34(52-40)32-53(46,47)48/h33-34,37-40,43-45H,3-32H2,1-2H3,(H,46,47,48)/t33-,34+,37+,38?,39?,40-/m1/s1. The van der Waals surface area contributed by atoms with Crippen LogP contribution in [0.2, 0.25) is 0 Å². The van der Waals surface area contributed by atoms with E-state index in [0.717, 1.165) is 51.4 Å². The Kier molecular flexibility index (Phi) is 29.8. The molecule has 0 aromatic heterocycles. The summed E-state index contributed by atoms with van der Waals surface area (Å²) in [6.45, 7) is 3.70. The van der Waals surface area contributed by atoms with Crippen LogP contribution in [0.4, 0.5) is 0 Å². The van der Waals surface area contributed by atoms with Gasteiger partial charge in [-0.3, -0.25) is 14.1 Å². The Labute approximate surface area is 321 Å². The van der Waals surface area contributed by atoms with Gasteiger partial charge in [0, 0.05) is 12.8 Å². The second kappa shape index (κ2) is 31.8. The van der Waals surface area contributed by atoms with E-state index in [9.17, 15) is 37.9 Å². The van der Waals surface area contributed by atoms with Crippen LogP contribution >= 0.6 is 0 Å². The van der Waals surface area contributed by atoms with Gasteiger partial charge in [0.2, 0.25) is 0 Å². The van der Waals surface area contributed by atoms with Gasteiger partial charge in [-0.2, -0.15) is 8.42 Å². The van der Waals surface area contributed by atoms with Gasteiger partial charge >= 0.3 is 11.9 Å². The number of aliphatic hydroxyl groups excluding tert-OH is 3. The van der Waals surface area contributed by atoms with Crippen LogP contribution < -0.4 is 0 Å². The maximum absolute atomic E-state index is 12.6.